The lowest BCUT2D eigenvalue weighted by Gasteiger charge is -2.13. The molecule has 0 spiro atoms. The first-order valence-corrected chi connectivity index (χ1v) is 10.4. The van der Waals surface area contributed by atoms with E-state index in [2.05, 4.69) is 15.8 Å². The van der Waals surface area contributed by atoms with Crippen LogP contribution in [-0.4, -0.2) is 31.9 Å². The Balaban J connectivity index is 1.57. The van der Waals surface area contributed by atoms with Crippen LogP contribution in [0.2, 0.25) is 0 Å². The average molecular weight is 434 g/mol. The van der Waals surface area contributed by atoms with Crippen LogP contribution < -0.4 is 25.0 Å². The summed E-state index contributed by atoms with van der Waals surface area (Å²) >= 11 is 0. The molecule has 0 fully saturated rings. The Kier molecular flexibility index (Phi) is 8.50. The van der Waals surface area contributed by atoms with Crippen LogP contribution >= 0.6 is 0 Å². The van der Waals surface area contributed by atoms with Crippen LogP contribution in [0.1, 0.15) is 19.4 Å². The Morgan fingerprint density at radius 2 is 1.59 bits per heavy atom. The summed E-state index contributed by atoms with van der Waals surface area (Å²) in [4.78, 5) is 12.3. The molecule has 0 unspecified atom stereocenters. The highest BCUT2D eigenvalue weighted by atomic mass is 16.5. The van der Waals surface area contributed by atoms with E-state index in [0.717, 1.165) is 17.0 Å². The molecule has 3 aromatic carbocycles. The van der Waals surface area contributed by atoms with Gasteiger partial charge in [0, 0.05) is 5.69 Å². The van der Waals surface area contributed by atoms with E-state index >= 15 is 0 Å². The Hall–Kier alpha value is -4.00. The molecule has 2 N–H and O–H groups in total. The van der Waals surface area contributed by atoms with Crippen molar-refractivity contribution >= 4 is 23.5 Å². The van der Waals surface area contributed by atoms with E-state index in [1.165, 1.54) is 0 Å². The summed E-state index contributed by atoms with van der Waals surface area (Å²) in [6.07, 6.45) is 1.69. The van der Waals surface area contributed by atoms with Gasteiger partial charge in [0.25, 0.3) is 5.91 Å². The number of nitrogens with one attached hydrogen (secondary N) is 2. The molecule has 0 atom stereocenters. The molecular weight excluding hydrogens is 406 g/mol. The van der Waals surface area contributed by atoms with Crippen molar-refractivity contribution in [2.75, 3.05) is 30.6 Å². The fraction of sp³-hybridized carbons (Fsp3) is 0.200. The molecule has 0 aromatic heterocycles. The third kappa shape index (κ3) is 7.05. The number of carbonyl (C=O) groups excluding carboxylic acids is 1. The van der Waals surface area contributed by atoms with Gasteiger partial charge in [-0.15, -0.1) is 0 Å². The second-order valence-electron chi connectivity index (χ2n) is 6.67. The predicted octanol–water partition coefficient (Wildman–Crippen LogP) is 4.95. The molecule has 7 heteroatoms. The zero-order chi connectivity index (χ0) is 22.6. The highest BCUT2D eigenvalue weighted by Gasteiger charge is 2.09. The van der Waals surface area contributed by atoms with E-state index in [1.807, 2.05) is 56.3 Å². The number of amides is 1. The molecule has 166 valence electrons. The number of hydrazone groups is 1. The van der Waals surface area contributed by atoms with Crippen LogP contribution in [0, 0.1) is 0 Å². The van der Waals surface area contributed by atoms with E-state index in [0.29, 0.717) is 30.4 Å². The Morgan fingerprint density at radius 3 is 2.31 bits per heavy atom. The van der Waals surface area contributed by atoms with Crippen molar-refractivity contribution in [3.63, 3.8) is 0 Å². The van der Waals surface area contributed by atoms with Gasteiger partial charge in [-0.3, -0.25) is 10.2 Å². The van der Waals surface area contributed by atoms with Gasteiger partial charge in [0.15, 0.2) is 18.1 Å². The summed E-state index contributed by atoms with van der Waals surface area (Å²) in [5.74, 6) is 1.52. The minimum atomic E-state index is -0.269. The number of rotatable bonds is 11. The lowest BCUT2D eigenvalue weighted by Crippen LogP contribution is -2.20. The predicted molar refractivity (Wildman–Crippen MR) is 127 cm³/mol. The highest BCUT2D eigenvalue weighted by molar-refractivity contribution is 5.92. The zero-order valence-corrected chi connectivity index (χ0v) is 18.2. The maximum atomic E-state index is 12.3. The third-order valence-corrected chi connectivity index (χ3v) is 4.26. The van der Waals surface area contributed by atoms with Gasteiger partial charge in [-0.25, -0.2) is 0 Å². The van der Waals surface area contributed by atoms with E-state index in [9.17, 15) is 4.79 Å². The Bertz CT molecular complexity index is 1020. The average Bonchev–Trinajstić information content (AvgIpc) is 2.81. The van der Waals surface area contributed by atoms with Gasteiger partial charge in [0.2, 0.25) is 0 Å². The molecule has 3 rings (SSSR count). The molecule has 0 saturated carbocycles. The standard InChI is InChI=1S/C25H27N3O4/c1-3-30-22-13-11-20(12-14-22)27-25(29)18-32-23-15-10-19(16-24(23)31-4-2)17-26-28-21-8-6-5-7-9-21/h5-17,28H,3-4,18H2,1-2H3,(H,27,29). The SMILES string of the molecule is CCOc1ccc(NC(=O)COc2ccc(C=NNc3ccccc3)cc2OCC)cc1. The summed E-state index contributed by atoms with van der Waals surface area (Å²) in [6.45, 7) is 4.73. The molecule has 0 radical (unpaired) electrons. The van der Waals surface area contributed by atoms with Crippen molar-refractivity contribution in [3.8, 4) is 17.2 Å². The third-order valence-electron chi connectivity index (χ3n) is 4.26. The van der Waals surface area contributed by atoms with Crippen molar-refractivity contribution in [2.45, 2.75) is 13.8 Å². The van der Waals surface area contributed by atoms with E-state index < -0.39 is 0 Å². The van der Waals surface area contributed by atoms with Crippen LogP contribution in [0.4, 0.5) is 11.4 Å². The van der Waals surface area contributed by atoms with Gasteiger partial charge >= 0.3 is 0 Å². The lowest BCUT2D eigenvalue weighted by molar-refractivity contribution is -0.118. The molecule has 1 amide bonds. The first kappa shape index (κ1) is 22.7. The molecule has 0 aliphatic heterocycles. The molecule has 0 aliphatic carbocycles. The van der Waals surface area contributed by atoms with Gasteiger partial charge in [-0.2, -0.15) is 5.10 Å². The van der Waals surface area contributed by atoms with Gasteiger partial charge < -0.3 is 19.5 Å². The molecule has 0 heterocycles. The number of ether oxygens (including phenoxy) is 3. The fourth-order valence-corrected chi connectivity index (χ4v) is 2.83. The van der Waals surface area contributed by atoms with Crippen molar-refractivity contribution in [2.24, 2.45) is 5.10 Å². The Labute approximate surface area is 188 Å². The van der Waals surface area contributed by atoms with Crippen LogP contribution in [-0.2, 0) is 4.79 Å². The van der Waals surface area contributed by atoms with Gasteiger partial charge in [0.1, 0.15) is 5.75 Å². The topological polar surface area (TPSA) is 81.2 Å². The number of benzene rings is 3. The highest BCUT2D eigenvalue weighted by Crippen LogP contribution is 2.28. The molecular formula is C25H27N3O4. The van der Waals surface area contributed by atoms with Crippen molar-refractivity contribution in [3.05, 3.63) is 78.4 Å². The van der Waals surface area contributed by atoms with Crippen molar-refractivity contribution in [1.29, 1.82) is 0 Å². The van der Waals surface area contributed by atoms with Gasteiger partial charge in [-0.1, -0.05) is 18.2 Å². The molecule has 32 heavy (non-hydrogen) atoms. The van der Waals surface area contributed by atoms with E-state index in [-0.39, 0.29) is 12.5 Å². The summed E-state index contributed by atoms with van der Waals surface area (Å²) in [6, 6.07) is 22.3. The van der Waals surface area contributed by atoms with Crippen LogP contribution in [0.25, 0.3) is 0 Å². The smallest absolute Gasteiger partial charge is 0.262 e. The number of hydrogen-bond acceptors (Lipinski definition) is 6. The van der Waals surface area contributed by atoms with Gasteiger partial charge in [0.05, 0.1) is 25.1 Å². The number of para-hydroxylation sites is 1. The molecule has 0 bridgehead atoms. The summed E-state index contributed by atoms with van der Waals surface area (Å²) in [5.41, 5.74) is 5.37. The minimum absolute atomic E-state index is 0.143. The van der Waals surface area contributed by atoms with Crippen LogP contribution in [0.5, 0.6) is 17.2 Å². The monoisotopic (exact) mass is 433 g/mol. The number of anilines is 2. The summed E-state index contributed by atoms with van der Waals surface area (Å²) in [5, 5.41) is 7.04. The normalized spacial score (nSPS) is 10.6. The maximum absolute atomic E-state index is 12.3. The molecule has 7 nitrogen and oxygen atoms in total. The second-order valence-corrected chi connectivity index (χ2v) is 6.67. The lowest BCUT2D eigenvalue weighted by atomic mass is 10.2. The van der Waals surface area contributed by atoms with Crippen LogP contribution in [0.15, 0.2) is 77.9 Å². The minimum Gasteiger partial charge on any atom is -0.494 e. The second kappa shape index (κ2) is 12.0. The number of hydrogen-bond donors (Lipinski definition) is 2. The molecule has 0 aliphatic rings. The van der Waals surface area contributed by atoms with Crippen LogP contribution in [0.3, 0.4) is 0 Å². The molecule has 0 saturated heterocycles. The first-order valence-electron chi connectivity index (χ1n) is 10.4. The zero-order valence-electron chi connectivity index (χ0n) is 18.2. The van der Waals surface area contributed by atoms with Crippen molar-refractivity contribution in [1.82, 2.24) is 0 Å². The maximum Gasteiger partial charge on any atom is 0.262 e. The number of nitrogens with zero attached hydrogens (tertiary/aromatic N) is 1. The largest absolute Gasteiger partial charge is 0.494 e. The van der Waals surface area contributed by atoms with E-state index in [4.69, 9.17) is 14.2 Å². The van der Waals surface area contributed by atoms with E-state index in [1.54, 1.807) is 36.5 Å². The summed E-state index contributed by atoms with van der Waals surface area (Å²) < 4.78 is 16.8. The fourth-order valence-electron chi connectivity index (χ4n) is 2.83. The van der Waals surface area contributed by atoms with Crippen molar-refractivity contribution < 1.29 is 19.0 Å². The Morgan fingerprint density at radius 1 is 0.844 bits per heavy atom. The molecule has 3 aromatic rings. The number of carbonyl (C=O) groups is 1. The first-order chi connectivity index (χ1) is 15.7. The van der Waals surface area contributed by atoms with Gasteiger partial charge in [-0.05, 0) is 74.0 Å². The quantitative estimate of drug-likeness (QED) is 0.330. The summed E-state index contributed by atoms with van der Waals surface area (Å²) in [7, 11) is 0.